The molecule has 1 amide bonds. The molecule has 1 saturated heterocycles. The van der Waals surface area contributed by atoms with E-state index in [9.17, 15) is 4.79 Å². The average molecular weight is 313 g/mol. The number of oxazole rings is 1. The molecule has 1 fully saturated rings. The first kappa shape index (κ1) is 15.6. The largest absolute Gasteiger partial charge is 0.445 e. The maximum absolute atomic E-state index is 12.1. The van der Waals surface area contributed by atoms with Crippen molar-refractivity contribution in [2.45, 2.75) is 39.5 Å². The van der Waals surface area contributed by atoms with Crippen molar-refractivity contribution in [3.63, 3.8) is 0 Å². The minimum absolute atomic E-state index is 0.0880. The van der Waals surface area contributed by atoms with E-state index in [1.165, 1.54) is 24.9 Å². The Kier molecular flexibility index (Phi) is 4.65. The number of aromatic nitrogens is 1. The van der Waals surface area contributed by atoms with Crippen molar-refractivity contribution in [1.29, 1.82) is 0 Å². The van der Waals surface area contributed by atoms with Gasteiger partial charge in [-0.25, -0.2) is 4.98 Å². The number of piperidine rings is 1. The number of carbonyl (C=O) groups is 1. The first-order chi connectivity index (χ1) is 11.1. The fourth-order valence-corrected chi connectivity index (χ4v) is 3.00. The number of benzene rings is 1. The number of anilines is 2. The molecule has 0 radical (unpaired) electrons. The maximum Gasteiger partial charge on any atom is 0.232 e. The van der Waals surface area contributed by atoms with Crippen LogP contribution in [0.25, 0.3) is 0 Å². The predicted octanol–water partition coefficient (Wildman–Crippen LogP) is 3.46. The normalized spacial score (nSPS) is 14.8. The number of hydrogen-bond donors (Lipinski definition) is 1. The minimum Gasteiger partial charge on any atom is -0.445 e. The molecule has 122 valence electrons. The average Bonchev–Trinajstić information content (AvgIpc) is 2.86. The second-order valence-corrected chi connectivity index (χ2v) is 6.06. The Balaban J connectivity index is 1.59. The summed E-state index contributed by atoms with van der Waals surface area (Å²) in [7, 11) is 0. The van der Waals surface area contributed by atoms with Crippen molar-refractivity contribution in [3.8, 4) is 0 Å². The number of nitrogens with one attached hydrogen (secondary N) is 1. The number of carbonyl (C=O) groups excluding carboxylic acids is 1. The summed E-state index contributed by atoms with van der Waals surface area (Å²) in [6, 6.07) is 8.07. The molecule has 23 heavy (non-hydrogen) atoms. The molecule has 1 N–H and O–H groups in total. The van der Waals surface area contributed by atoms with Gasteiger partial charge >= 0.3 is 0 Å². The van der Waals surface area contributed by atoms with Crippen LogP contribution in [0.1, 0.15) is 36.6 Å². The highest BCUT2D eigenvalue weighted by Crippen LogP contribution is 2.22. The molecule has 1 aromatic heterocycles. The van der Waals surface area contributed by atoms with E-state index in [1.807, 2.05) is 19.1 Å². The molecule has 0 saturated carbocycles. The highest BCUT2D eigenvalue weighted by molar-refractivity contribution is 5.92. The van der Waals surface area contributed by atoms with Crippen molar-refractivity contribution in [3.05, 3.63) is 41.6 Å². The van der Waals surface area contributed by atoms with E-state index in [4.69, 9.17) is 4.42 Å². The number of hydrogen-bond acceptors (Lipinski definition) is 4. The van der Waals surface area contributed by atoms with Crippen molar-refractivity contribution < 1.29 is 9.21 Å². The van der Waals surface area contributed by atoms with Gasteiger partial charge in [-0.2, -0.15) is 0 Å². The van der Waals surface area contributed by atoms with Crippen LogP contribution in [0.4, 0.5) is 11.4 Å². The van der Waals surface area contributed by atoms with Gasteiger partial charge in [-0.05, 0) is 50.5 Å². The molecule has 0 bridgehead atoms. The molecular formula is C18H23N3O2. The van der Waals surface area contributed by atoms with Gasteiger partial charge in [0, 0.05) is 31.4 Å². The predicted molar refractivity (Wildman–Crippen MR) is 90.8 cm³/mol. The van der Waals surface area contributed by atoms with Gasteiger partial charge in [-0.1, -0.05) is 0 Å². The lowest BCUT2D eigenvalue weighted by molar-refractivity contribution is -0.115. The van der Waals surface area contributed by atoms with Gasteiger partial charge in [0.15, 0.2) is 5.89 Å². The highest BCUT2D eigenvalue weighted by Gasteiger charge is 2.13. The molecule has 0 unspecified atom stereocenters. The summed E-state index contributed by atoms with van der Waals surface area (Å²) in [5.41, 5.74) is 2.81. The van der Waals surface area contributed by atoms with Crippen LogP contribution < -0.4 is 10.2 Å². The molecule has 0 spiro atoms. The summed E-state index contributed by atoms with van der Waals surface area (Å²) in [6.45, 7) is 5.88. The molecule has 2 heterocycles. The summed E-state index contributed by atoms with van der Waals surface area (Å²) in [5.74, 6) is 1.14. The highest BCUT2D eigenvalue weighted by atomic mass is 16.4. The van der Waals surface area contributed by atoms with E-state index in [0.717, 1.165) is 24.5 Å². The smallest absolute Gasteiger partial charge is 0.232 e. The van der Waals surface area contributed by atoms with Gasteiger partial charge in [-0.15, -0.1) is 0 Å². The van der Waals surface area contributed by atoms with Crippen molar-refractivity contribution in [2.24, 2.45) is 0 Å². The van der Waals surface area contributed by atoms with E-state index in [1.54, 1.807) is 6.92 Å². The first-order valence-electron chi connectivity index (χ1n) is 8.19. The lowest BCUT2D eigenvalue weighted by Gasteiger charge is -2.28. The number of amides is 1. The van der Waals surface area contributed by atoms with Crippen molar-refractivity contribution >= 4 is 17.3 Å². The monoisotopic (exact) mass is 313 g/mol. The minimum atomic E-state index is -0.0880. The summed E-state index contributed by atoms with van der Waals surface area (Å²) in [4.78, 5) is 18.7. The van der Waals surface area contributed by atoms with E-state index in [-0.39, 0.29) is 12.3 Å². The quantitative estimate of drug-likeness (QED) is 0.939. The third kappa shape index (κ3) is 3.92. The third-order valence-corrected chi connectivity index (χ3v) is 4.19. The zero-order chi connectivity index (χ0) is 16.2. The SMILES string of the molecule is Cc1nc(C)c(CC(=O)Nc2ccc(N3CCCCC3)cc2)o1. The van der Waals surface area contributed by atoms with Crippen LogP contribution in [-0.2, 0) is 11.2 Å². The van der Waals surface area contributed by atoms with Gasteiger partial charge in [0.25, 0.3) is 0 Å². The fourth-order valence-electron chi connectivity index (χ4n) is 3.00. The Morgan fingerprint density at radius 1 is 1.17 bits per heavy atom. The van der Waals surface area contributed by atoms with Crippen molar-refractivity contribution in [1.82, 2.24) is 4.98 Å². The Labute approximate surface area is 136 Å². The van der Waals surface area contributed by atoms with Crippen molar-refractivity contribution in [2.75, 3.05) is 23.3 Å². The topological polar surface area (TPSA) is 58.4 Å². The fraction of sp³-hybridized carbons (Fsp3) is 0.444. The lowest BCUT2D eigenvalue weighted by Crippen LogP contribution is -2.29. The van der Waals surface area contributed by atoms with Crippen LogP contribution in [0.15, 0.2) is 28.7 Å². The molecule has 1 aliphatic heterocycles. The number of rotatable bonds is 4. The Bertz CT molecular complexity index is 670. The van der Waals surface area contributed by atoms with E-state index < -0.39 is 0 Å². The summed E-state index contributed by atoms with van der Waals surface area (Å²) in [5, 5.41) is 2.91. The van der Waals surface area contributed by atoms with E-state index in [0.29, 0.717) is 11.7 Å². The van der Waals surface area contributed by atoms with Gasteiger partial charge in [0.1, 0.15) is 5.76 Å². The van der Waals surface area contributed by atoms with Crippen LogP contribution in [0.3, 0.4) is 0 Å². The molecule has 1 aromatic carbocycles. The zero-order valence-corrected chi connectivity index (χ0v) is 13.8. The van der Waals surface area contributed by atoms with Crippen LogP contribution in [-0.4, -0.2) is 24.0 Å². The van der Waals surface area contributed by atoms with Gasteiger partial charge in [0.2, 0.25) is 5.91 Å². The van der Waals surface area contributed by atoms with Gasteiger partial charge in [-0.3, -0.25) is 4.79 Å². The number of aryl methyl sites for hydroxylation is 2. The van der Waals surface area contributed by atoms with Gasteiger partial charge in [0.05, 0.1) is 12.1 Å². The Morgan fingerprint density at radius 2 is 1.87 bits per heavy atom. The second-order valence-electron chi connectivity index (χ2n) is 6.06. The molecule has 5 nitrogen and oxygen atoms in total. The molecule has 5 heteroatoms. The zero-order valence-electron chi connectivity index (χ0n) is 13.8. The molecule has 3 rings (SSSR count). The lowest BCUT2D eigenvalue weighted by atomic mass is 10.1. The van der Waals surface area contributed by atoms with E-state index in [2.05, 4.69) is 27.3 Å². The van der Waals surface area contributed by atoms with Crippen LogP contribution in [0, 0.1) is 13.8 Å². The van der Waals surface area contributed by atoms with Crippen LogP contribution >= 0.6 is 0 Å². The van der Waals surface area contributed by atoms with E-state index >= 15 is 0 Å². The standard InChI is InChI=1S/C18H23N3O2/c1-13-17(23-14(2)19-13)12-18(22)20-15-6-8-16(9-7-15)21-10-4-3-5-11-21/h6-9H,3-5,10-12H2,1-2H3,(H,20,22). The first-order valence-corrected chi connectivity index (χ1v) is 8.19. The number of nitrogens with zero attached hydrogens (tertiary/aromatic N) is 2. The second kappa shape index (κ2) is 6.86. The summed E-state index contributed by atoms with van der Waals surface area (Å²) < 4.78 is 5.44. The van der Waals surface area contributed by atoms with Gasteiger partial charge < -0.3 is 14.6 Å². The summed E-state index contributed by atoms with van der Waals surface area (Å²) in [6.07, 6.45) is 4.05. The van der Waals surface area contributed by atoms with Crippen LogP contribution in [0.5, 0.6) is 0 Å². The molecule has 1 aliphatic rings. The molecular weight excluding hydrogens is 290 g/mol. The molecule has 0 atom stereocenters. The molecule has 2 aromatic rings. The Hall–Kier alpha value is -2.30. The summed E-state index contributed by atoms with van der Waals surface area (Å²) >= 11 is 0. The third-order valence-electron chi connectivity index (χ3n) is 4.19. The Morgan fingerprint density at radius 3 is 2.48 bits per heavy atom. The molecule has 0 aliphatic carbocycles. The maximum atomic E-state index is 12.1. The van der Waals surface area contributed by atoms with Crippen LogP contribution in [0.2, 0.25) is 0 Å².